The van der Waals surface area contributed by atoms with Crippen LogP contribution < -0.4 is 4.90 Å². The Balaban J connectivity index is 0.874. The van der Waals surface area contributed by atoms with Gasteiger partial charge in [-0.15, -0.1) is 0 Å². The van der Waals surface area contributed by atoms with E-state index >= 15 is 0 Å². The molecule has 2 aliphatic carbocycles. The van der Waals surface area contributed by atoms with Crippen molar-refractivity contribution in [3.05, 3.63) is 313 Å². The molecule has 1 heterocycles. The predicted molar refractivity (Wildman–Crippen MR) is 323 cm³/mol. The second-order valence-corrected chi connectivity index (χ2v) is 20.7. The molecule has 0 amide bonds. The van der Waals surface area contributed by atoms with Gasteiger partial charge in [-0.2, -0.15) is 0 Å². The topological polar surface area (TPSA) is 8.17 Å². The summed E-state index contributed by atoms with van der Waals surface area (Å²) in [5.41, 5.74) is 24.2. The first-order chi connectivity index (χ1) is 38.2. The Morgan fingerprint density at radius 2 is 0.675 bits per heavy atom. The molecule has 0 bridgehead atoms. The lowest BCUT2D eigenvalue weighted by molar-refractivity contribution is 0.793. The second-order valence-electron chi connectivity index (χ2n) is 20.7. The summed E-state index contributed by atoms with van der Waals surface area (Å²) in [4.78, 5) is 2.32. The van der Waals surface area contributed by atoms with E-state index in [-0.39, 0.29) is 0 Å². The Morgan fingerprint density at radius 1 is 0.247 bits per heavy atom. The van der Waals surface area contributed by atoms with Crippen molar-refractivity contribution in [2.45, 2.75) is 5.41 Å². The zero-order valence-corrected chi connectivity index (χ0v) is 42.1. The smallest absolute Gasteiger partial charge is 0.0726 e. The summed E-state index contributed by atoms with van der Waals surface area (Å²) in [5.74, 6) is 0. The number of fused-ring (bicyclic) bond motifs is 15. The Labute approximate surface area is 447 Å². The van der Waals surface area contributed by atoms with Gasteiger partial charge in [0, 0.05) is 33.5 Å². The first-order valence-corrected chi connectivity index (χ1v) is 26.7. The van der Waals surface area contributed by atoms with Crippen molar-refractivity contribution >= 4 is 60.4 Å². The SMILES string of the molecule is c1ccc(-c2c3ccccc3c(-c3ccc4c(c3)C3(c5ccccc5-c5ccccc53)c3cc(-n5c6ccccc6c6cc(-c7ccc(N(c8ccccc8)c8ccccc8)cc7)ccc65)ccc3-4)c3ccccc23)cc1. The highest BCUT2D eigenvalue weighted by molar-refractivity contribution is 6.21. The standard InChI is InChI=1S/C75H48N2/c1-4-20-50(21-5-1)73-62-29-10-12-31-64(62)74(65-32-13-11-30-63(65)73)52-38-43-59-60-44-42-56(48-70(60)75(69(59)47-52)67-33-17-14-26-57(67)58-27-15-18-34-68(58)75)77-71-35-19-16-28-61(71)66-46-51(39-45-72(66)77)49-36-40-55(41-37-49)76(53-22-6-2-7-23-53)54-24-8-3-9-25-54/h1-48H. The van der Waals surface area contributed by atoms with Crippen molar-refractivity contribution in [2.24, 2.45) is 0 Å². The maximum atomic E-state index is 2.56. The number of aromatic nitrogens is 1. The number of rotatable bonds is 7. The molecule has 0 radical (unpaired) electrons. The number of hydrogen-bond donors (Lipinski definition) is 0. The van der Waals surface area contributed by atoms with E-state index < -0.39 is 5.41 Å². The van der Waals surface area contributed by atoms with E-state index in [0.29, 0.717) is 0 Å². The van der Waals surface area contributed by atoms with Crippen LogP contribution in [0.15, 0.2) is 291 Å². The molecular formula is C75H48N2. The molecule has 0 saturated carbocycles. The third kappa shape index (κ3) is 6.37. The molecule has 0 saturated heterocycles. The van der Waals surface area contributed by atoms with E-state index in [4.69, 9.17) is 0 Å². The molecule has 2 heteroatoms. The number of benzene rings is 13. The molecule has 0 unspecified atom stereocenters. The van der Waals surface area contributed by atoms with Crippen LogP contribution in [-0.2, 0) is 5.41 Å². The van der Waals surface area contributed by atoms with E-state index in [2.05, 4.69) is 301 Å². The van der Waals surface area contributed by atoms with Crippen molar-refractivity contribution in [3.8, 4) is 61.3 Å². The Morgan fingerprint density at radius 3 is 1.29 bits per heavy atom. The van der Waals surface area contributed by atoms with Crippen LogP contribution in [0, 0.1) is 0 Å². The lowest BCUT2D eigenvalue weighted by atomic mass is 9.70. The van der Waals surface area contributed by atoms with E-state index in [9.17, 15) is 0 Å². The fraction of sp³-hybridized carbons (Fsp3) is 0.0133. The molecule has 0 atom stereocenters. The van der Waals surface area contributed by atoms with Gasteiger partial charge in [-0.1, -0.05) is 218 Å². The highest BCUT2D eigenvalue weighted by Crippen LogP contribution is 2.64. The summed E-state index contributed by atoms with van der Waals surface area (Å²) in [6.07, 6.45) is 0. The minimum Gasteiger partial charge on any atom is -0.311 e. The highest BCUT2D eigenvalue weighted by Gasteiger charge is 2.52. The molecule has 0 aliphatic heterocycles. The summed E-state index contributed by atoms with van der Waals surface area (Å²) >= 11 is 0. The minimum absolute atomic E-state index is 0.561. The average molecular weight is 977 g/mol. The van der Waals surface area contributed by atoms with Crippen LogP contribution in [0.3, 0.4) is 0 Å². The first-order valence-electron chi connectivity index (χ1n) is 26.7. The molecule has 16 rings (SSSR count). The van der Waals surface area contributed by atoms with Crippen molar-refractivity contribution in [3.63, 3.8) is 0 Å². The van der Waals surface area contributed by atoms with Crippen molar-refractivity contribution < 1.29 is 0 Å². The zero-order valence-electron chi connectivity index (χ0n) is 42.1. The summed E-state index contributed by atoms with van der Waals surface area (Å²) in [6, 6.07) is 108. The Bertz CT molecular complexity index is 4520. The van der Waals surface area contributed by atoms with Gasteiger partial charge in [-0.3, -0.25) is 0 Å². The fourth-order valence-electron chi connectivity index (χ4n) is 13.6. The van der Waals surface area contributed by atoms with Gasteiger partial charge in [0.05, 0.1) is 16.4 Å². The normalized spacial score (nSPS) is 12.8. The molecule has 2 nitrogen and oxygen atoms in total. The molecule has 0 N–H and O–H groups in total. The summed E-state index contributed by atoms with van der Waals surface area (Å²) in [7, 11) is 0. The van der Waals surface area contributed by atoms with E-state index in [1.807, 2.05) is 0 Å². The van der Waals surface area contributed by atoms with Gasteiger partial charge >= 0.3 is 0 Å². The summed E-state index contributed by atoms with van der Waals surface area (Å²) < 4.78 is 2.50. The lowest BCUT2D eigenvalue weighted by Crippen LogP contribution is -2.26. The Hall–Kier alpha value is -10.0. The van der Waals surface area contributed by atoms with Gasteiger partial charge in [-0.05, 0) is 172 Å². The molecule has 1 aromatic heterocycles. The van der Waals surface area contributed by atoms with Crippen molar-refractivity contribution in [1.82, 2.24) is 4.57 Å². The van der Waals surface area contributed by atoms with Gasteiger partial charge in [0.1, 0.15) is 0 Å². The average Bonchev–Trinajstić information content (AvgIpc) is 4.33. The van der Waals surface area contributed by atoms with Gasteiger partial charge < -0.3 is 9.47 Å². The molecule has 14 aromatic rings. The molecule has 13 aromatic carbocycles. The monoisotopic (exact) mass is 976 g/mol. The molecule has 358 valence electrons. The molecule has 2 aliphatic rings. The third-order valence-corrected chi connectivity index (χ3v) is 16.8. The van der Waals surface area contributed by atoms with Crippen LogP contribution in [0.2, 0.25) is 0 Å². The number of para-hydroxylation sites is 3. The summed E-state index contributed by atoms with van der Waals surface area (Å²) in [5, 5.41) is 7.50. The highest BCUT2D eigenvalue weighted by atomic mass is 15.1. The maximum absolute atomic E-state index is 2.56. The zero-order chi connectivity index (χ0) is 50.6. The van der Waals surface area contributed by atoms with Crippen LogP contribution in [0.1, 0.15) is 22.3 Å². The lowest BCUT2D eigenvalue weighted by Gasteiger charge is -2.31. The first kappa shape index (κ1) is 43.4. The maximum Gasteiger partial charge on any atom is 0.0726 e. The van der Waals surface area contributed by atoms with E-state index in [1.54, 1.807) is 0 Å². The van der Waals surface area contributed by atoms with E-state index in [0.717, 1.165) is 22.7 Å². The van der Waals surface area contributed by atoms with Gasteiger partial charge in [0.15, 0.2) is 0 Å². The third-order valence-electron chi connectivity index (χ3n) is 16.8. The van der Waals surface area contributed by atoms with Gasteiger partial charge in [0.25, 0.3) is 0 Å². The molecule has 1 spiro atoms. The quantitative estimate of drug-likeness (QED) is 0.145. The Kier molecular flexibility index (Phi) is 9.58. The molecule has 0 fully saturated rings. The van der Waals surface area contributed by atoms with Gasteiger partial charge in [0.2, 0.25) is 0 Å². The van der Waals surface area contributed by atoms with Crippen LogP contribution in [0.5, 0.6) is 0 Å². The fourth-order valence-corrected chi connectivity index (χ4v) is 13.6. The van der Waals surface area contributed by atoms with Crippen molar-refractivity contribution in [1.29, 1.82) is 0 Å². The molecule has 77 heavy (non-hydrogen) atoms. The number of anilines is 3. The van der Waals surface area contributed by atoms with Crippen LogP contribution in [0.4, 0.5) is 17.1 Å². The van der Waals surface area contributed by atoms with Crippen molar-refractivity contribution in [2.75, 3.05) is 4.90 Å². The second kappa shape index (κ2) is 17.0. The predicted octanol–water partition coefficient (Wildman–Crippen LogP) is 19.9. The molecular weight excluding hydrogens is 929 g/mol. The van der Waals surface area contributed by atoms with E-state index in [1.165, 1.54) is 121 Å². The number of nitrogens with zero attached hydrogens (tertiary/aromatic N) is 2. The van der Waals surface area contributed by atoms with Crippen LogP contribution in [0.25, 0.3) is 105 Å². The van der Waals surface area contributed by atoms with Crippen LogP contribution >= 0.6 is 0 Å². The minimum atomic E-state index is -0.561. The summed E-state index contributed by atoms with van der Waals surface area (Å²) in [6.45, 7) is 0. The number of hydrogen-bond acceptors (Lipinski definition) is 1. The van der Waals surface area contributed by atoms with Gasteiger partial charge in [-0.25, -0.2) is 0 Å². The largest absolute Gasteiger partial charge is 0.311 e. The van der Waals surface area contributed by atoms with Crippen LogP contribution in [-0.4, -0.2) is 4.57 Å².